The van der Waals surface area contributed by atoms with Gasteiger partial charge in [-0.2, -0.15) is 0 Å². The number of nitrogens with one attached hydrogen (secondary N) is 4. The van der Waals surface area contributed by atoms with Gasteiger partial charge in [0.2, 0.25) is 65.0 Å². The smallest absolute Gasteiger partial charge is 0.246 e. The quantitative estimate of drug-likeness (QED) is 0.137. The zero-order chi connectivity index (χ0) is 67.6. The Morgan fingerprint density at radius 3 is 1.31 bits per heavy atom. The molecule has 1 heterocycles. The van der Waals surface area contributed by atoms with Crippen molar-refractivity contribution in [2.45, 2.75) is 243 Å². The maximum Gasteiger partial charge on any atom is 0.246 e. The second kappa shape index (κ2) is 35.8. The highest BCUT2D eigenvalue weighted by molar-refractivity contribution is 6.00. The SMILES string of the molecule is C/C=C/C[C@@H](C)[C@@H](O)[C@H]1C(=O)N[C@@H](CC)C(=O)N(C)C(C)C(=O)N(CC)[C@@H](CC(C)C)C(=O)N[C@@H](C(C)C)C(=O)N(C)[C@@H](CC(C)C)C(=O)N[C@@H](C)C(=O)N[C@H](C)C(=O)N(C)[C@@H](CC(C)C)C(=O)N(C)[C@@H](CC(C)C)C(=O)N(C)[C@@H](C(C)C)C(=O)N1C. The van der Waals surface area contributed by atoms with Gasteiger partial charge in [-0.3, -0.25) is 52.7 Å². The first kappa shape index (κ1) is 78.9. The molecule has 1 rings (SSSR count). The highest BCUT2D eigenvalue weighted by atomic mass is 16.3. The standard InChI is InChI=1S/C64H115N11O12/c1-26-29-30-41(16)53(76)52-57(80)67-45(27-2)60(83)69(20)44(19)59(82)75(28-3)47(32-36(6)7)56(79)68-50(39(12)13)63(86)70(21)46(31-35(4)5)55(78)65-42(17)54(77)66-43(18)58(81)71(22)48(33-37(8)9)61(84)72(23)49(34-38(10)11)62(85)73(24)51(40(14)15)64(87)74(52)25/h26,29,35-53,76H,27-28,30-34H2,1-25H3,(H,65,78)(H,66,77)(H,67,80)(H,68,79)/b29-26+/t41-,42+,43-,44?,45+,46+,47+,48+,49+,50+,51+,52+,53-/m1/s1. The lowest BCUT2D eigenvalue weighted by atomic mass is 9.91. The molecule has 23 nitrogen and oxygen atoms in total. The van der Waals surface area contributed by atoms with Gasteiger partial charge in [-0.25, -0.2) is 0 Å². The molecule has 498 valence electrons. The third-order valence-corrected chi connectivity index (χ3v) is 16.8. The fourth-order valence-corrected chi connectivity index (χ4v) is 11.2. The fraction of sp³-hybridized carbons (Fsp3) is 0.797. The first-order chi connectivity index (χ1) is 40.2. The maximum absolute atomic E-state index is 15.2. The van der Waals surface area contributed by atoms with Crippen LogP contribution in [0.5, 0.6) is 0 Å². The van der Waals surface area contributed by atoms with Crippen LogP contribution in [0.4, 0.5) is 0 Å². The number of amides is 11. The Morgan fingerprint density at radius 2 is 0.862 bits per heavy atom. The lowest BCUT2D eigenvalue weighted by Crippen LogP contribution is -2.64. The lowest BCUT2D eigenvalue weighted by molar-refractivity contribution is -0.157. The van der Waals surface area contributed by atoms with Crippen molar-refractivity contribution in [3.63, 3.8) is 0 Å². The summed E-state index contributed by atoms with van der Waals surface area (Å²) in [6.07, 6.45) is 3.04. The van der Waals surface area contributed by atoms with E-state index in [4.69, 9.17) is 0 Å². The van der Waals surface area contributed by atoms with Gasteiger partial charge in [0.25, 0.3) is 0 Å². The Labute approximate surface area is 521 Å². The van der Waals surface area contributed by atoms with Crippen LogP contribution in [-0.4, -0.2) is 226 Å². The topological polar surface area (TPSA) is 279 Å². The molecule has 0 spiro atoms. The summed E-state index contributed by atoms with van der Waals surface area (Å²) in [5.74, 6) is -9.67. The van der Waals surface area contributed by atoms with Crippen LogP contribution < -0.4 is 21.3 Å². The molecule has 1 unspecified atom stereocenters. The summed E-state index contributed by atoms with van der Waals surface area (Å²) < 4.78 is 0. The Morgan fingerprint density at radius 1 is 0.437 bits per heavy atom. The molecule has 13 atom stereocenters. The Balaban J connectivity index is 4.41. The molecular formula is C64H115N11O12. The third kappa shape index (κ3) is 21.6. The Kier molecular flexibility index (Phi) is 32.4. The van der Waals surface area contributed by atoms with Gasteiger partial charge in [0, 0.05) is 48.8 Å². The zero-order valence-electron chi connectivity index (χ0n) is 57.6. The van der Waals surface area contributed by atoms with E-state index < -0.39 is 155 Å². The molecular weight excluding hydrogens is 1110 g/mol. The van der Waals surface area contributed by atoms with Crippen LogP contribution in [0.1, 0.15) is 170 Å². The predicted molar refractivity (Wildman–Crippen MR) is 338 cm³/mol. The van der Waals surface area contributed by atoms with E-state index in [2.05, 4.69) is 21.3 Å². The van der Waals surface area contributed by atoms with Gasteiger partial charge < -0.3 is 60.7 Å². The van der Waals surface area contributed by atoms with Crippen LogP contribution in [0.2, 0.25) is 0 Å². The maximum atomic E-state index is 15.2. The average Bonchev–Trinajstić information content (AvgIpc) is 1.29. The van der Waals surface area contributed by atoms with Gasteiger partial charge in [-0.05, 0) is 115 Å². The fourth-order valence-electron chi connectivity index (χ4n) is 11.2. The number of rotatable bonds is 16. The molecule has 1 fully saturated rings. The van der Waals surface area contributed by atoms with Crippen molar-refractivity contribution >= 4 is 65.0 Å². The summed E-state index contributed by atoms with van der Waals surface area (Å²) in [4.78, 5) is 170. The number of nitrogens with zero attached hydrogens (tertiary/aromatic N) is 7. The van der Waals surface area contributed by atoms with Gasteiger partial charge in [-0.15, -0.1) is 0 Å². The van der Waals surface area contributed by atoms with E-state index in [1.54, 1.807) is 61.5 Å². The van der Waals surface area contributed by atoms with Crippen LogP contribution in [0, 0.1) is 41.4 Å². The Bertz CT molecular complexity index is 2380. The van der Waals surface area contributed by atoms with E-state index in [1.807, 2.05) is 61.5 Å². The van der Waals surface area contributed by atoms with Crippen molar-refractivity contribution in [2.75, 3.05) is 48.8 Å². The predicted octanol–water partition coefficient (Wildman–Crippen LogP) is 4.05. The van der Waals surface area contributed by atoms with Crippen molar-refractivity contribution in [3.05, 3.63) is 12.2 Å². The number of aliphatic hydroxyl groups excluding tert-OH is 1. The van der Waals surface area contributed by atoms with Crippen LogP contribution in [0.25, 0.3) is 0 Å². The normalized spacial score (nSPS) is 27.4. The first-order valence-electron chi connectivity index (χ1n) is 31.6. The molecule has 1 aliphatic heterocycles. The summed E-state index contributed by atoms with van der Waals surface area (Å²) in [6, 6.07) is -13.6. The molecule has 0 radical (unpaired) electrons. The van der Waals surface area contributed by atoms with E-state index in [0.717, 1.165) is 4.90 Å². The summed E-state index contributed by atoms with van der Waals surface area (Å²) in [5.41, 5.74) is 0. The molecule has 1 saturated heterocycles. The highest BCUT2D eigenvalue weighted by Gasteiger charge is 2.46. The van der Waals surface area contributed by atoms with Gasteiger partial charge >= 0.3 is 0 Å². The zero-order valence-corrected chi connectivity index (χ0v) is 57.6. The van der Waals surface area contributed by atoms with E-state index >= 15 is 9.59 Å². The second-order valence-electron chi connectivity index (χ2n) is 26.6. The number of likely N-dealkylation sites (N-methyl/N-ethyl adjacent to an activating group) is 7. The summed E-state index contributed by atoms with van der Waals surface area (Å²) in [5, 5.41) is 23.2. The summed E-state index contributed by atoms with van der Waals surface area (Å²) in [6.45, 7) is 33.2. The molecule has 0 saturated carbocycles. The number of carbonyl (C=O) groups excluding carboxylic acids is 11. The van der Waals surface area contributed by atoms with Gasteiger partial charge in [0.05, 0.1) is 6.10 Å². The van der Waals surface area contributed by atoms with Crippen LogP contribution in [0.15, 0.2) is 12.2 Å². The number of hydrogen-bond acceptors (Lipinski definition) is 12. The molecule has 11 amide bonds. The van der Waals surface area contributed by atoms with Gasteiger partial charge in [0.1, 0.15) is 66.5 Å². The van der Waals surface area contributed by atoms with E-state index in [0.29, 0.717) is 6.42 Å². The Hall–Kier alpha value is -6.13. The molecule has 5 N–H and O–H groups in total. The van der Waals surface area contributed by atoms with Crippen molar-refractivity contribution in [2.24, 2.45) is 41.4 Å². The molecule has 0 aromatic carbocycles. The minimum Gasteiger partial charge on any atom is -0.390 e. The lowest BCUT2D eigenvalue weighted by Gasteiger charge is -2.41. The molecule has 0 bridgehead atoms. The highest BCUT2D eigenvalue weighted by Crippen LogP contribution is 2.26. The largest absolute Gasteiger partial charge is 0.390 e. The number of allylic oxidation sites excluding steroid dienone is 2. The summed E-state index contributed by atoms with van der Waals surface area (Å²) >= 11 is 0. The van der Waals surface area contributed by atoms with E-state index in [9.17, 15) is 48.3 Å². The third-order valence-electron chi connectivity index (χ3n) is 16.8. The molecule has 23 heteroatoms. The van der Waals surface area contributed by atoms with E-state index in [-0.39, 0.29) is 62.3 Å². The second-order valence-corrected chi connectivity index (χ2v) is 26.6. The monoisotopic (exact) mass is 1230 g/mol. The minimum atomic E-state index is -1.62. The van der Waals surface area contributed by atoms with Gasteiger partial charge in [0.15, 0.2) is 0 Å². The van der Waals surface area contributed by atoms with Crippen molar-refractivity contribution in [1.29, 1.82) is 0 Å². The van der Waals surface area contributed by atoms with Crippen molar-refractivity contribution < 1.29 is 57.8 Å². The number of carbonyl (C=O) groups is 11. The molecule has 1 aliphatic rings. The van der Waals surface area contributed by atoms with Gasteiger partial charge in [-0.1, -0.05) is 109 Å². The van der Waals surface area contributed by atoms with Crippen LogP contribution in [0.3, 0.4) is 0 Å². The molecule has 0 aromatic rings. The van der Waals surface area contributed by atoms with Crippen molar-refractivity contribution in [1.82, 2.24) is 55.6 Å². The van der Waals surface area contributed by atoms with Crippen molar-refractivity contribution in [3.8, 4) is 0 Å². The molecule has 0 aromatic heterocycles. The number of hydrogen-bond donors (Lipinski definition) is 5. The van der Waals surface area contributed by atoms with E-state index in [1.165, 1.54) is 92.5 Å². The van der Waals surface area contributed by atoms with Crippen LogP contribution >= 0.6 is 0 Å². The number of aliphatic hydroxyl groups is 1. The molecule has 0 aliphatic carbocycles. The average molecular weight is 1230 g/mol. The first-order valence-corrected chi connectivity index (χ1v) is 31.6. The van der Waals surface area contributed by atoms with Crippen LogP contribution in [-0.2, 0) is 52.7 Å². The summed E-state index contributed by atoms with van der Waals surface area (Å²) in [7, 11) is 8.55. The minimum absolute atomic E-state index is 0.0173. The molecule has 87 heavy (non-hydrogen) atoms.